The van der Waals surface area contributed by atoms with Crippen LogP contribution < -0.4 is 5.32 Å². The summed E-state index contributed by atoms with van der Waals surface area (Å²) in [5, 5.41) is 21.0. The number of aliphatic hydroxyl groups excluding tert-OH is 1. The van der Waals surface area contributed by atoms with Gasteiger partial charge in [-0.15, -0.1) is 0 Å². The first kappa shape index (κ1) is 18.3. The molecule has 0 radical (unpaired) electrons. The maximum atomic E-state index is 13.6. The minimum Gasteiger partial charge on any atom is -0.390 e. The molecule has 1 aromatic heterocycles. The Morgan fingerprint density at radius 3 is 2.92 bits per heavy atom. The number of rotatable bonds is 8. The zero-order valence-electron chi connectivity index (χ0n) is 14.9. The van der Waals surface area contributed by atoms with Gasteiger partial charge in [-0.3, -0.25) is 4.98 Å². The molecular weight excluding hydrogens is 329 g/mol. The third-order valence-corrected chi connectivity index (χ3v) is 4.58. The molecule has 136 valence electrons. The predicted octanol–water partition coefficient (Wildman–Crippen LogP) is 4.02. The summed E-state index contributed by atoms with van der Waals surface area (Å²) in [4.78, 5) is 4.47. The molecule has 1 aromatic carbocycles. The lowest BCUT2D eigenvalue weighted by atomic mass is 9.94. The SMILES string of the molecule is C[C@@H](O)c1cc(F)ccc1-c1ncccc1C/C(C=N)=C/NCC1CC1. The van der Waals surface area contributed by atoms with Gasteiger partial charge in [-0.05, 0) is 66.6 Å². The fourth-order valence-corrected chi connectivity index (χ4v) is 2.96. The zero-order valence-corrected chi connectivity index (χ0v) is 14.9. The Kier molecular flexibility index (Phi) is 5.78. The van der Waals surface area contributed by atoms with E-state index < -0.39 is 6.10 Å². The molecule has 0 saturated heterocycles. The van der Waals surface area contributed by atoms with E-state index in [1.165, 1.54) is 31.2 Å². The summed E-state index contributed by atoms with van der Waals surface area (Å²) in [7, 11) is 0. The Morgan fingerprint density at radius 2 is 2.23 bits per heavy atom. The highest BCUT2D eigenvalue weighted by molar-refractivity contribution is 5.78. The highest BCUT2D eigenvalue weighted by Gasteiger charge is 2.20. The summed E-state index contributed by atoms with van der Waals surface area (Å²) < 4.78 is 13.6. The topological polar surface area (TPSA) is 69.0 Å². The van der Waals surface area contributed by atoms with Crippen LogP contribution in [0.5, 0.6) is 0 Å². The second kappa shape index (κ2) is 8.23. The fraction of sp³-hybridized carbons (Fsp3) is 0.333. The van der Waals surface area contributed by atoms with Crippen LogP contribution in [0.15, 0.2) is 48.3 Å². The minimum atomic E-state index is -0.798. The van der Waals surface area contributed by atoms with E-state index in [4.69, 9.17) is 5.41 Å². The minimum absolute atomic E-state index is 0.383. The second-order valence-electron chi connectivity index (χ2n) is 6.81. The molecule has 0 unspecified atom stereocenters. The van der Waals surface area contributed by atoms with Crippen molar-refractivity contribution in [3.63, 3.8) is 0 Å². The van der Waals surface area contributed by atoms with Crippen molar-refractivity contribution in [1.29, 1.82) is 5.41 Å². The Hall–Kier alpha value is -2.53. The van der Waals surface area contributed by atoms with Crippen molar-refractivity contribution in [2.45, 2.75) is 32.3 Å². The van der Waals surface area contributed by atoms with Gasteiger partial charge in [0.2, 0.25) is 0 Å². The third-order valence-electron chi connectivity index (χ3n) is 4.58. The largest absolute Gasteiger partial charge is 0.390 e. The van der Waals surface area contributed by atoms with Crippen LogP contribution in [-0.2, 0) is 6.42 Å². The number of hydrogen-bond acceptors (Lipinski definition) is 4. The zero-order chi connectivity index (χ0) is 18.5. The average Bonchev–Trinajstić information content (AvgIpc) is 3.45. The normalized spacial score (nSPS) is 15.6. The van der Waals surface area contributed by atoms with E-state index in [0.717, 1.165) is 23.6 Å². The second-order valence-corrected chi connectivity index (χ2v) is 6.81. The molecular formula is C21H24FN3O. The molecule has 4 nitrogen and oxygen atoms in total. The van der Waals surface area contributed by atoms with Gasteiger partial charge in [-0.1, -0.05) is 6.07 Å². The number of nitrogens with zero attached hydrogens (tertiary/aromatic N) is 1. The lowest BCUT2D eigenvalue weighted by Crippen LogP contribution is -2.11. The van der Waals surface area contributed by atoms with Crippen LogP contribution in [0.3, 0.4) is 0 Å². The van der Waals surface area contributed by atoms with Crippen LogP contribution in [0.1, 0.15) is 37.0 Å². The van der Waals surface area contributed by atoms with E-state index >= 15 is 0 Å². The van der Waals surface area contributed by atoms with Crippen molar-refractivity contribution in [3.05, 3.63) is 65.2 Å². The van der Waals surface area contributed by atoms with Gasteiger partial charge in [0.1, 0.15) is 5.82 Å². The highest BCUT2D eigenvalue weighted by Crippen LogP contribution is 2.31. The first-order valence-electron chi connectivity index (χ1n) is 8.93. The van der Waals surface area contributed by atoms with Gasteiger partial charge in [0.15, 0.2) is 0 Å². The van der Waals surface area contributed by atoms with E-state index in [0.29, 0.717) is 23.2 Å². The van der Waals surface area contributed by atoms with E-state index in [2.05, 4.69) is 10.3 Å². The Bertz CT molecular complexity index is 813. The lowest BCUT2D eigenvalue weighted by Gasteiger charge is -2.15. The fourth-order valence-electron chi connectivity index (χ4n) is 2.96. The summed E-state index contributed by atoms with van der Waals surface area (Å²) in [6, 6.07) is 8.19. The number of allylic oxidation sites excluding steroid dienone is 1. The molecule has 0 bridgehead atoms. The average molecular weight is 353 g/mol. The first-order valence-corrected chi connectivity index (χ1v) is 8.93. The molecule has 3 rings (SSSR count). The first-order chi connectivity index (χ1) is 12.6. The van der Waals surface area contributed by atoms with E-state index in [1.807, 2.05) is 18.3 Å². The molecule has 5 heteroatoms. The van der Waals surface area contributed by atoms with Crippen molar-refractivity contribution in [1.82, 2.24) is 10.3 Å². The van der Waals surface area contributed by atoms with Gasteiger partial charge in [0.25, 0.3) is 0 Å². The summed E-state index contributed by atoms with van der Waals surface area (Å²) in [5.74, 6) is 0.381. The number of benzene rings is 1. The number of halogens is 1. The predicted molar refractivity (Wildman–Crippen MR) is 102 cm³/mol. The quantitative estimate of drug-likeness (QED) is 0.628. The van der Waals surface area contributed by atoms with Crippen LogP contribution in [0.2, 0.25) is 0 Å². The van der Waals surface area contributed by atoms with Crippen molar-refractivity contribution < 1.29 is 9.50 Å². The highest BCUT2D eigenvalue weighted by atomic mass is 19.1. The molecule has 26 heavy (non-hydrogen) atoms. The van der Waals surface area contributed by atoms with E-state index in [1.54, 1.807) is 19.2 Å². The van der Waals surface area contributed by atoms with Crippen molar-refractivity contribution in [3.8, 4) is 11.3 Å². The smallest absolute Gasteiger partial charge is 0.123 e. The molecule has 1 aliphatic carbocycles. The molecule has 1 heterocycles. The summed E-state index contributed by atoms with van der Waals surface area (Å²) >= 11 is 0. The van der Waals surface area contributed by atoms with E-state index in [-0.39, 0.29) is 5.82 Å². The van der Waals surface area contributed by atoms with Crippen LogP contribution >= 0.6 is 0 Å². The summed E-state index contributed by atoms with van der Waals surface area (Å²) in [6.07, 6.45) is 7.22. The van der Waals surface area contributed by atoms with Crippen LogP contribution in [0.4, 0.5) is 4.39 Å². The van der Waals surface area contributed by atoms with Gasteiger partial charge in [0.05, 0.1) is 11.8 Å². The van der Waals surface area contributed by atoms with Gasteiger partial charge < -0.3 is 15.8 Å². The Balaban J connectivity index is 1.89. The molecule has 0 amide bonds. The maximum absolute atomic E-state index is 13.6. The van der Waals surface area contributed by atoms with Crippen molar-refractivity contribution in [2.24, 2.45) is 5.92 Å². The number of aromatic nitrogens is 1. The number of hydrogen-bond donors (Lipinski definition) is 3. The third kappa shape index (κ3) is 4.55. The summed E-state index contributed by atoms with van der Waals surface area (Å²) in [5.41, 5.74) is 3.72. The Morgan fingerprint density at radius 1 is 1.42 bits per heavy atom. The van der Waals surface area contributed by atoms with Crippen LogP contribution in [-0.4, -0.2) is 22.8 Å². The number of aliphatic hydroxyl groups is 1. The monoisotopic (exact) mass is 353 g/mol. The van der Waals surface area contributed by atoms with E-state index in [9.17, 15) is 9.50 Å². The standard InChI is InChI=1S/C21H24FN3O/c1-14(26)20-10-18(22)6-7-19(20)21-17(3-2-8-25-21)9-16(11-23)13-24-12-15-4-5-15/h2-3,6-8,10-11,13-15,23-24,26H,4-5,9,12H2,1H3/b16-13-,23-11?/t14-/m1/s1. The van der Waals surface area contributed by atoms with Gasteiger partial charge in [-0.25, -0.2) is 4.39 Å². The molecule has 1 aliphatic rings. The molecule has 1 fully saturated rings. The van der Waals surface area contributed by atoms with Crippen molar-refractivity contribution in [2.75, 3.05) is 6.54 Å². The van der Waals surface area contributed by atoms with Crippen LogP contribution in [0.25, 0.3) is 11.3 Å². The van der Waals surface area contributed by atoms with Crippen molar-refractivity contribution >= 4 is 6.21 Å². The molecule has 0 aliphatic heterocycles. The molecule has 1 saturated carbocycles. The van der Waals surface area contributed by atoms with Gasteiger partial charge in [0, 0.05) is 37.1 Å². The molecule has 1 atom stereocenters. The maximum Gasteiger partial charge on any atom is 0.123 e. The number of nitrogens with one attached hydrogen (secondary N) is 2. The van der Waals surface area contributed by atoms with Crippen LogP contribution in [0, 0.1) is 17.1 Å². The summed E-state index contributed by atoms with van der Waals surface area (Å²) in [6.45, 7) is 2.56. The molecule has 3 N–H and O–H groups in total. The van der Waals surface area contributed by atoms with Gasteiger partial charge in [-0.2, -0.15) is 0 Å². The van der Waals surface area contributed by atoms with Gasteiger partial charge >= 0.3 is 0 Å². The molecule has 2 aromatic rings. The number of pyridine rings is 1. The molecule has 0 spiro atoms. The lowest BCUT2D eigenvalue weighted by molar-refractivity contribution is 0.199. The Labute approximate surface area is 153 Å².